The zero-order valence-corrected chi connectivity index (χ0v) is 12.2. The van der Waals surface area contributed by atoms with Gasteiger partial charge in [0, 0.05) is 10.0 Å². The molecule has 0 aliphatic carbocycles. The lowest BCUT2D eigenvalue weighted by molar-refractivity contribution is 0.414. The van der Waals surface area contributed by atoms with Crippen LogP contribution in [0, 0.1) is 4.77 Å². The molecule has 2 aromatic rings. The van der Waals surface area contributed by atoms with Crippen LogP contribution in [0.15, 0.2) is 38.8 Å². The third kappa shape index (κ3) is 3.15. The average molecular weight is 341 g/mol. The number of aromatic nitrogens is 3. The van der Waals surface area contributed by atoms with E-state index in [4.69, 9.17) is 17.0 Å². The number of H-pyrrole nitrogens is 1. The van der Waals surface area contributed by atoms with Crippen molar-refractivity contribution >= 4 is 34.4 Å². The molecule has 98 valence electrons. The van der Waals surface area contributed by atoms with E-state index in [1.54, 1.807) is 13.2 Å². The molecular weight excluding hydrogens is 332 g/mol. The highest BCUT2D eigenvalue weighted by Crippen LogP contribution is 2.21. The molecule has 6 nitrogen and oxygen atoms in total. The average Bonchev–Trinajstić information content (AvgIpc) is 2.38. The molecule has 19 heavy (non-hydrogen) atoms. The maximum Gasteiger partial charge on any atom is 0.293 e. The Morgan fingerprint density at radius 1 is 1.58 bits per heavy atom. The van der Waals surface area contributed by atoms with Crippen LogP contribution < -0.4 is 10.3 Å². The quantitative estimate of drug-likeness (QED) is 0.684. The van der Waals surface area contributed by atoms with E-state index in [0.717, 1.165) is 20.9 Å². The van der Waals surface area contributed by atoms with E-state index in [-0.39, 0.29) is 4.77 Å². The Kier molecular flexibility index (Phi) is 4.23. The van der Waals surface area contributed by atoms with E-state index in [0.29, 0.717) is 5.75 Å². The molecule has 1 aromatic carbocycles. The Morgan fingerprint density at radius 3 is 3.05 bits per heavy atom. The second-order valence-electron chi connectivity index (χ2n) is 3.46. The Bertz CT molecular complexity index is 710. The van der Waals surface area contributed by atoms with Gasteiger partial charge in [0.2, 0.25) is 4.77 Å². The molecule has 1 heterocycles. The number of ether oxygens (including phenoxy) is 1. The van der Waals surface area contributed by atoms with Gasteiger partial charge in [-0.1, -0.05) is 15.9 Å². The molecule has 2 rings (SSSR count). The lowest BCUT2D eigenvalue weighted by Gasteiger charge is -2.04. The fourth-order valence-electron chi connectivity index (χ4n) is 1.38. The summed E-state index contributed by atoms with van der Waals surface area (Å²) in [6.07, 6.45) is 2.60. The van der Waals surface area contributed by atoms with E-state index in [2.05, 4.69) is 31.2 Å². The Balaban J connectivity index is 2.46. The third-order valence-electron chi connectivity index (χ3n) is 2.24. The van der Waals surface area contributed by atoms with Gasteiger partial charge in [-0.2, -0.15) is 14.9 Å². The van der Waals surface area contributed by atoms with Crippen molar-refractivity contribution in [2.24, 2.45) is 5.10 Å². The lowest BCUT2D eigenvalue weighted by atomic mass is 10.2. The number of benzene rings is 1. The van der Waals surface area contributed by atoms with Crippen LogP contribution in [0.25, 0.3) is 0 Å². The van der Waals surface area contributed by atoms with Gasteiger partial charge in [-0.05, 0) is 30.4 Å². The first-order valence-electron chi connectivity index (χ1n) is 5.16. The molecule has 0 saturated carbocycles. The molecule has 0 fully saturated rings. The van der Waals surface area contributed by atoms with Crippen molar-refractivity contribution < 1.29 is 4.74 Å². The predicted molar refractivity (Wildman–Crippen MR) is 77.4 cm³/mol. The Hall–Kier alpha value is -1.80. The second-order valence-corrected chi connectivity index (χ2v) is 4.76. The van der Waals surface area contributed by atoms with E-state index in [1.165, 1.54) is 6.21 Å². The molecule has 0 spiro atoms. The lowest BCUT2D eigenvalue weighted by Crippen LogP contribution is -2.18. The fraction of sp³-hybridized carbons (Fsp3) is 0.0909. The van der Waals surface area contributed by atoms with Crippen LogP contribution >= 0.6 is 28.1 Å². The van der Waals surface area contributed by atoms with Crippen molar-refractivity contribution in [3.8, 4) is 5.75 Å². The first kappa shape index (κ1) is 13.6. The molecule has 0 bridgehead atoms. The SMILES string of the molecule is COc1ccc(Br)cc1/C=N\n1c(=O)cn[nH]c1=S. The monoisotopic (exact) mass is 340 g/mol. The molecule has 0 amide bonds. The van der Waals surface area contributed by atoms with Crippen LogP contribution in [0.4, 0.5) is 0 Å². The van der Waals surface area contributed by atoms with Crippen LogP contribution in [0.2, 0.25) is 0 Å². The highest BCUT2D eigenvalue weighted by atomic mass is 79.9. The number of rotatable bonds is 3. The number of halogens is 1. The van der Waals surface area contributed by atoms with E-state index in [9.17, 15) is 4.79 Å². The molecular formula is C11H9BrN4O2S. The highest BCUT2D eigenvalue weighted by Gasteiger charge is 2.01. The minimum Gasteiger partial charge on any atom is -0.496 e. The minimum absolute atomic E-state index is 0.123. The van der Waals surface area contributed by atoms with Crippen LogP contribution in [0.5, 0.6) is 5.75 Å². The van der Waals surface area contributed by atoms with Gasteiger partial charge in [-0.3, -0.25) is 9.89 Å². The van der Waals surface area contributed by atoms with Gasteiger partial charge < -0.3 is 4.74 Å². The van der Waals surface area contributed by atoms with Crippen molar-refractivity contribution in [1.29, 1.82) is 0 Å². The zero-order chi connectivity index (χ0) is 13.8. The van der Waals surface area contributed by atoms with Gasteiger partial charge in [0.15, 0.2) is 0 Å². The maximum atomic E-state index is 11.5. The van der Waals surface area contributed by atoms with Crippen molar-refractivity contribution in [3.63, 3.8) is 0 Å². The van der Waals surface area contributed by atoms with Crippen molar-refractivity contribution in [1.82, 2.24) is 14.9 Å². The van der Waals surface area contributed by atoms with Crippen molar-refractivity contribution in [2.75, 3.05) is 7.11 Å². The zero-order valence-electron chi connectivity index (χ0n) is 9.83. The summed E-state index contributed by atoms with van der Waals surface area (Å²) >= 11 is 8.29. The van der Waals surface area contributed by atoms with Crippen LogP contribution in [0.1, 0.15) is 5.56 Å². The number of hydrogen-bond donors (Lipinski definition) is 1. The summed E-state index contributed by atoms with van der Waals surface area (Å²) in [5.41, 5.74) is 0.309. The molecule has 0 saturated heterocycles. The van der Waals surface area contributed by atoms with E-state index >= 15 is 0 Å². The molecule has 1 aromatic heterocycles. The Morgan fingerprint density at radius 2 is 2.37 bits per heavy atom. The number of aromatic amines is 1. The first-order valence-corrected chi connectivity index (χ1v) is 6.36. The third-order valence-corrected chi connectivity index (χ3v) is 3.00. The van der Waals surface area contributed by atoms with Crippen LogP contribution in [0.3, 0.4) is 0 Å². The van der Waals surface area contributed by atoms with Gasteiger partial charge in [-0.15, -0.1) is 0 Å². The summed E-state index contributed by atoms with van der Waals surface area (Å²) in [4.78, 5) is 11.5. The van der Waals surface area contributed by atoms with Gasteiger partial charge in [0.25, 0.3) is 5.56 Å². The smallest absolute Gasteiger partial charge is 0.293 e. The molecule has 0 radical (unpaired) electrons. The maximum absolute atomic E-state index is 11.5. The number of nitrogens with zero attached hydrogens (tertiary/aromatic N) is 3. The number of hydrogen-bond acceptors (Lipinski definition) is 5. The molecule has 8 heteroatoms. The van der Waals surface area contributed by atoms with E-state index in [1.807, 2.05) is 12.1 Å². The van der Waals surface area contributed by atoms with Gasteiger partial charge in [0.05, 0.1) is 13.3 Å². The topological polar surface area (TPSA) is 72.3 Å². The molecule has 0 aliphatic heterocycles. The van der Waals surface area contributed by atoms with Gasteiger partial charge in [-0.25, -0.2) is 0 Å². The van der Waals surface area contributed by atoms with E-state index < -0.39 is 5.56 Å². The summed E-state index contributed by atoms with van der Waals surface area (Å²) < 4.78 is 7.25. The summed E-state index contributed by atoms with van der Waals surface area (Å²) in [5.74, 6) is 0.643. The normalized spacial score (nSPS) is 10.8. The second kappa shape index (κ2) is 5.89. The summed E-state index contributed by atoms with van der Waals surface area (Å²) in [6.45, 7) is 0. The minimum atomic E-state index is -0.408. The van der Waals surface area contributed by atoms with Crippen LogP contribution in [-0.4, -0.2) is 28.2 Å². The van der Waals surface area contributed by atoms with Gasteiger partial charge >= 0.3 is 0 Å². The number of nitrogens with one attached hydrogen (secondary N) is 1. The predicted octanol–water partition coefficient (Wildman–Crippen LogP) is 1.95. The van der Waals surface area contributed by atoms with Crippen LogP contribution in [-0.2, 0) is 0 Å². The van der Waals surface area contributed by atoms with Crippen molar-refractivity contribution in [2.45, 2.75) is 0 Å². The Labute approximate surface area is 121 Å². The van der Waals surface area contributed by atoms with Crippen molar-refractivity contribution in [3.05, 3.63) is 49.6 Å². The molecule has 0 atom stereocenters. The first-order chi connectivity index (χ1) is 9.11. The molecule has 0 aliphatic rings. The van der Waals surface area contributed by atoms with Gasteiger partial charge in [0.1, 0.15) is 11.9 Å². The largest absolute Gasteiger partial charge is 0.496 e. The highest BCUT2D eigenvalue weighted by molar-refractivity contribution is 9.10. The summed E-state index contributed by atoms with van der Waals surface area (Å²) in [6, 6.07) is 5.46. The summed E-state index contributed by atoms with van der Waals surface area (Å²) in [5, 5.41) is 10.1. The number of methoxy groups -OCH3 is 1. The summed E-state index contributed by atoms with van der Waals surface area (Å²) in [7, 11) is 1.56. The fourth-order valence-corrected chi connectivity index (χ4v) is 1.95. The molecule has 1 N–H and O–H groups in total. The standard InChI is InChI=1S/C11H9BrN4O2S/c1-18-9-3-2-8(12)4-7(9)5-14-16-10(17)6-13-15-11(16)19/h2-6H,1H3,(H,15,19)/b14-5-. The molecule has 0 unspecified atom stereocenters.